The maximum atomic E-state index is 17.1. The summed E-state index contributed by atoms with van der Waals surface area (Å²) < 4.78 is 53.0. The number of ether oxygens (including phenoxy) is 1. The summed E-state index contributed by atoms with van der Waals surface area (Å²) in [6, 6.07) is 3.69. The number of alkyl halides is 1. The van der Waals surface area contributed by atoms with Crippen LogP contribution < -0.4 is 15.4 Å². The minimum Gasteiger partial charge on any atom is -0.461 e. The number of carbonyl (C=O) groups excluding carboxylic acids is 1. The van der Waals surface area contributed by atoms with Gasteiger partial charge in [0, 0.05) is 48.4 Å². The van der Waals surface area contributed by atoms with E-state index in [0.29, 0.717) is 43.7 Å². The molecule has 2 aromatic carbocycles. The third kappa shape index (κ3) is 5.36. The number of benzene rings is 2. The van der Waals surface area contributed by atoms with E-state index >= 15 is 4.39 Å². The lowest BCUT2D eigenvalue weighted by molar-refractivity contribution is -0.126. The Morgan fingerprint density at radius 1 is 1.35 bits per heavy atom. The molecule has 9 nitrogen and oxygen atoms in total. The topological polar surface area (TPSA) is 92.2 Å². The van der Waals surface area contributed by atoms with Crippen molar-refractivity contribution in [2.75, 3.05) is 43.4 Å². The van der Waals surface area contributed by atoms with E-state index in [1.165, 1.54) is 18.2 Å². The van der Waals surface area contributed by atoms with Gasteiger partial charge >= 0.3 is 6.01 Å². The Morgan fingerprint density at radius 3 is 2.88 bits per heavy atom. The lowest BCUT2D eigenvalue weighted by atomic mass is 9.95. The molecule has 7 rings (SSSR count). The van der Waals surface area contributed by atoms with Gasteiger partial charge in [-0.15, -0.1) is 11.3 Å². The molecule has 5 heterocycles. The van der Waals surface area contributed by atoms with Gasteiger partial charge in [-0.25, -0.2) is 18.0 Å². The second kappa shape index (κ2) is 12.6. The summed E-state index contributed by atoms with van der Waals surface area (Å²) in [6.07, 6.45) is 2.99. The fourth-order valence-corrected chi connectivity index (χ4v) is 9.37. The number of anilines is 2. The van der Waals surface area contributed by atoms with E-state index in [-0.39, 0.29) is 73.0 Å². The van der Waals surface area contributed by atoms with Gasteiger partial charge in [0.2, 0.25) is 11.6 Å². The third-order valence-corrected chi connectivity index (χ3v) is 11.7. The van der Waals surface area contributed by atoms with E-state index in [1.807, 2.05) is 18.7 Å². The summed E-state index contributed by atoms with van der Waals surface area (Å²) in [6.45, 7) is 17.5. The minimum absolute atomic E-state index is 0.0107. The van der Waals surface area contributed by atoms with Crippen LogP contribution in [0.2, 0.25) is 5.02 Å². The van der Waals surface area contributed by atoms with Crippen molar-refractivity contribution in [3.05, 3.63) is 58.9 Å². The van der Waals surface area contributed by atoms with Gasteiger partial charge in [0.05, 0.1) is 32.9 Å². The van der Waals surface area contributed by atoms with Gasteiger partial charge in [-0.3, -0.25) is 9.69 Å². The molecule has 3 saturated heterocycles. The monoisotopic (exact) mass is 709 g/mol. The lowest BCUT2D eigenvalue weighted by Crippen LogP contribution is -2.45. The van der Waals surface area contributed by atoms with Crippen molar-refractivity contribution in [1.82, 2.24) is 19.8 Å². The molecule has 256 valence electrons. The van der Waals surface area contributed by atoms with Gasteiger partial charge in [0.15, 0.2) is 5.82 Å². The highest BCUT2D eigenvalue weighted by molar-refractivity contribution is 7.23. The second-order valence-corrected chi connectivity index (χ2v) is 14.4. The van der Waals surface area contributed by atoms with Crippen LogP contribution in [0.15, 0.2) is 30.9 Å². The molecule has 2 aromatic heterocycles. The smallest absolute Gasteiger partial charge is 0.319 e. The molecule has 1 amide bonds. The standard InChI is InChI=1S/C35H35ClF3N7O2S/c1-5-25(47)46-13-10-24(18(46)3)45(6-2)33-21-14-22(36)26(20-8-9-23(38)31-27(20)30(41-4)32(40)49-31)28(39)29(21)42-34(43-33)48-17-35-11-7-12-44(35)16-19(37)15-35/h5,8-9,14,18-19,24H,1,6-7,10-13,15-17,40H2,2-3H3/t18-,19-,24-,35+/m1/s1. The number of halogens is 4. The minimum atomic E-state index is -0.959. The Balaban J connectivity index is 1.40. The number of thiophene rings is 1. The van der Waals surface area contributed by atoms with Crippen molar-refractivity contribution in [1.29, 1.82) is 0 Å². The fourth-order valence-electron chi connectivity index (χ4n) is 8.14. The normalized spacial score (nSPS) is 23.7. The van der Waals surface area contributed by atoms with Crippen LogP contribution in [0.4, 0.5) is 29.7 Å². The lowest BCUT2D eigenvalue weighted by Gasteiger charge is -2.34. The van der Waals surface area contributed by atoms with Gasteiger partial charge in [0.1, 0.15) is 29.9 Å². The highest BCUT2D eigenvalue weighted by atomic mass is 35.5. The molecule has 3 aliphatic rings. The molecule has 0 saturated carbocycles. The number of likely N-dealkylation sites (N-methyl/N-ethyl adjacent to an activating group) is 1. The highest BCUT2D eigenvalue weighted by Gasteiger charge is 2.49. The highest BCUT2D eigenvalue weighted by Crippen LogP contribution is 2.49. The summed E-state index contributed by atoms with van der Waals surface area (Å²) in [5, 5.41) is 0.620. The Hall–Kier alpha value is -4.12. The average molecular weight is 710 g/mol. The van der Waals surface area contributed by atoms with Crippen molar-refractivity contribution in [3.8, 4) is 17.1 Å². The molecule has 0 spiro atoms. The van der Waals surface area contributed by atoms with Gasteiger partial charge < -0.3 is 20.3 Å². The van der Waals surface area contributed by atoms with Crippen molar-refractivity contribution in [2.45, 2.75) is 63.3 Å². The number of nitrogens with two attached hydrogens (primary N) is 1. The zero-order valence-corrected chi connectivity index (χ0v) is 28.7. The quantitative estimate of drug-likeness (QED) is 0.149. The zero-order valence-electron chi connectivity index (χ0n) is 27.1. The van der Waals surface area contributed by atoms with Crippen molar-refractivity contribution < 1.29 is 22.7 Å². The summed E-state index contributed by atoms with van der Waals surface area (Å²) in [7, 11) is 0. The molecule has 0 unspecified atom stereocenters. The summed E-state index contributed by atoms with van der Waals surface area (Å²) in [4.78, 5) is 31.4. The van der Waals surface area contributed by atoms with Crippen LogP contribution in [0.3, 0.4) is 0 Å². The first-order valence-corrected chi connectivity index (χ1v) is 17.5. The number of rotatable bonds is 8. The number of aromatic nitrogens is 2. The zero-order chi connectivity index (χ0) is 34.8. The van der Waals surface area contributed by atoms with Gasteiger partial charge in [-0.1, -0.05) is 24.2 Å². The number of nitrogens with zero attached hydrogens (tertiary/aromatic N) is 6. The molecule has 4 atom stereocenters. The molecular weight excluding hydrogens is 675 g/mol. The SMILES string of the molecule is [C-]#[N+]c1c(N)sc2c(F)ccc(-c3c(Cl)cc4c(N(CC)[C@@H]5CCN(C(=O)C=C)[C@@H]5C)nc(OC[C@@]56CCCN5C[C@H](F)C6)nc4c3F)c12. The molecule has 3 fully saturated rings. The molecule has 14 heteroatoms. The Labute approximate surface area is 290 Å². The molecule has 0 aliphatic carbocycles. The van der Waals surface area contributed by atoms with Crippen molar-refractivity contribution in [2.24, 2.45) is 0 Å². The van der Waals surface area contributed by atoms with Crippen LogP contribution in [0.1, 0.15) is 39.5 Å². The fraction of sp³-hybridized carbons (Fsp3) is 0.429. The van der Waals surface area contributed by atoms with E-state index in [1.54, 1.807) is 11.0 Å². The summed E-state index contributed by atoms with van der Waals surface area (Å²) >= 11 is 7.80. The predicted molar refractivity (Wildman–Crippen MR) is 187 cm³/mol. The first-order valence-electron chi connectivity index (χ1n) is 16.3. The number of likely N-dealkylation sites (tertiary alicyclic amines) is 1. The molecule has 0 radical (unpaired) electrons. The van der Waals surface area contributed by atoms with Crippen LogP contribution in [0.5, 0.6) is 6.01 Å². The molecule has 4 aromatic rings. The molecule has 2 N–H and O–H groups in total. The second-order valence-electron chi connectivity index (χ2n) is 13.0. The molecule has 3 aliphatic heterocycles. The Bertz CT molecular complexity index is 2050. The number of amides is 1. The number of nitrogen functional groups attached to an aromatic ring is 1. The predicted octanol–water partition coefficient (Wildman–Crippen LogP) is 7.53. The van der Waals surface area contributed by atoms with Crippen LogP contribution in [-0.2, 0) is 4.79 Å². The van der Waals surface area contributed by atoms with E-state index < -0.39 is 23.3 Å². The van der Waals surface area contributed by atoms with Gasteiger partial charge in [0.25, 0.3) is 0 Å². The van der Waals surface area contributed by atoms with Gasteiger partial charge in [-0.2, -0.15) is 9.97 Å². The maximum Gasteiger partial charge on any atom is 0.319 e. The Morgan fingerprint density at radius 2 is 2.14 bits per heavy atom. The van der Waals surface area contributed by atoms with E-state index in [2.05, 4.69) is 21.3 Å². The maximum absolute atomic E-state index is 17.1. The molecule has 0 bridgehead atoms. The van der Waals surface area contributed by atoms with Crippen LogP contribution in [-0.4, -0.2) is 82.3 Å². The van der Waals surface area contributed by atoms with E-state index in [0.717, 1.165) is 30.7 Å². The average Bonchev–Trinajstić information content (AvgIpc) is 3.82. The largest absolute Gasteiger partial charge is 0.461 e. The number of fused-ring (bicyclic) bond motifs is 3. The summed E-state index contributed by atoms with van der Waals surface area (Å²) in [5.74, 6) is -1.18. The van der Waals surface area contributed by atoms with Crippen molar-refractivity contribution >= 4 is 66.3 Å². The number of hydrogen-bond acceptors (Lipinski definition) is 8. The van der Waals surface area contributed by atoms with E-state index in [4.69, 9.17) is 33.6 Å². The van der Waals surface area contributed by atoms with Crippen LogP contribution >= 0.6 is 22.9 Å². The molecular formula is C35H35ClF3N7O2S. The first kappa shape index (κ1) is 33.4. The van der Waals surface area contributed by atoms with Crippen LogP contribution in [0.25, 0.3) is 37.0 Å². The first-order chi connectivity index (χ1) is 23.5. The third-order valence-electron chi connectivity index (χ3n) is 10.4. The van der Waals surface area contributed by atoms with Gasteiger partial charge in [-0.05, 0) is 63.4 Å². The van der Waals surface area contributed by atoms with Crippen molar-refractivity contribution in [3.63, 3.8) is 0 Å². The molecule has 49 heavy (non-hydrogen) atoms. The number of carbonyl (C=O) groups is 1. The summed E-state index contributed by atoms with van der Waals surface area (Å²) in [5.41, 5.74) is 5.68. The Kier molecular flexibility index (Phi) is 8.61. The number of hydrogen-bond donors (Lipinski definition) is 1. The van der Waals surface area contributed by atoms with E-state index in [9.17, 15) is 13.6 Å². The van der Waals surface area contributed by atoms with Crippen LogP contribution in [0, 0.1) is 18.2 Å².